The van der Waals surface area contributed by atoms with Gasteiger partial charge in [-0.1, -0.05) is 48.9 Å². The molecule has 1 aromatic carbocycles. The van der Waals surface area contributed by atoms with Crippen molar-refractivity contribution in [2.75, 3.05) is 18.4 Å². The van der Waals surface area contributed by atoms with Gasteiger partial charge >= 0.3 is 0 Å². The van der Waals surface area contributed by atoms with E-state index in [4.69, 9.17) is 11.6 Å². The molecule has 0 radical (unpaired) electrons. The summed E-state index contributed by atoms with van der Waals surface area (Å²) in [7, 11) is 0. The molecule has 0 atom stereocenters. The highest BCUT2D eigenvalue weighted by Gasteiger charge is 2.35. The predicted molar refractivity (Wildman–Crippen MR) is 117 cm³/mol. The third-order valence-corrected chi connectivity index (χ3v) is 7.11. The minimum Gasteiger partial charge on any atom is -0.339 e. The number of Topliss-reactive ketones (excluding diaryl/α,β-unsaturated/α-hetero) is 1. The zero-order chi connectivity index (χ0) is 21.5. The van der Waals surface area contributed by atoms with Crippen molar-refractivity contribution in [3.05, 3.63) is 45.4 Å². The summed E-state index contributed by atoms with van der Waals surface area (Å²) in [4.78, 5) is 44.7. The third-order valence-electron chi connectivity index (χ3n) is 5.72. The van der Waals surface area contributed by atoms with E-state index in [0.717, 1.165) is 12.1 Å². The normalized spacial score (nSPS) is 18.8. The Kier molecular flexibility index (Phi) is 5.68. The average molecular weight is 446 g/mol. The summed E-state index contributed by atoms with van der Waals surface area (Å²) >= 11 is 7.41. The lowest BCUT2D eigenvalue weighted by atomic mass is 9.78. The van der Waals surface area contributed by atoms with E-state index in [9.17, 15) is 14.4 Å². The number of thiazole rings is 1. The highest BCUT2D eigenvalue weighted by molar-refractivity contribution is 7.17. The number of halogens is 1. The lowest BCUT2D eigenvalue weighted by Crippen LogP contribution is -2.41. The number of anilines is 1. The summed E-state index contributed by atoms with van der Waals surface area (Å²) in [5.74, 6) is -0.287. The van der Waals surface area contributed by atoms with Gasteiger partial charge in [-0.15, -0.1) is 0 Å². The van der Waals surface area contributed by atoms with Gasteiger partial charge in [0, 0.05) is 25.4 Å². The maximum Gasteiger partial charge on any atom is 0.255 e. The number of fused-ring (bicyclic) bond motifs is 1. The number of carbonyl (C=O) groups excluding carboxylic acids is 3. The number of nitrogens with one attached hydrogen (secondary N) is 1. The first kappa shape index (κ1) is 21.0. The van der Waals surface area contributed by atoms with Crippen LogP contribution in [-0.2, 0) is 11.2 Å². The average Bonchev–Trinajstić information content (AvgIpc) is 3.09. The highest BCUT2D eigenvalue weighted by Crippen LogP contribution is 2.38. The highest BCUT2D eigenvalue weighted by atomic mass is 35.5. The SMILES string of the molecule is CC1(C)CC(=O)c2sc(NC(=O)C3CCN(C(=O)c4ccccc4Cl)CC3)nc2C1. The monoisotopic (exact) mass is 445 g/mol. The van der Waals surface area contributed by atoms with Crippen LogP contribution in [-0.4, -0.2) is 40.6 Å². The largest absolute Gasteiger partial charge is 0.339 e. The van der Waals surface area contributed by atoms with Crippen molar-refractivity contribution >= 4 is 45.7 Å². The Bertz CT molecular complexity index is 1010. The molecule has 1 aromatic heterocycles. The molecule has 1 saturated heterocycles. The van der Waals surface area contributed by atoms with Crippen LogP contribution in [0.5, 0.6) is 0 Å². The van der Waals surface area contributed by atoms with Crippen LogP contribution in [0, 0.1) is 11.3 Å². The molecule has 8 heteroatoms. The van der Waals surface area contributed by atoms with Crippen molar-refractivity contribution in [1.29, 1.82) is 0 Å². The summed E-state index contributed by atoms with van der Waals surface area (Å²) in [6, 6.07) is 7.00. The van der Waals surface area contributed by atoms with Crippen LogP contribution in [0.4, 0.5) is 5.13 Å². The molecule has 0 bridgehead atoms. The second-order valence-electron chi connectivity index (χ2n) is 8.77. The lowest BCUT2D eigenvalue weighted by Gasteiger charge is -2.31. The molecule has 2 aromatic rings. The first-order chi connectivity index (χ1) is 14.2. The zero-order valence-corrected chi connectivity index (χ0v) is 18.6. The van der Waals surface area contributed by atoms with E-state index < -0.39 is 0 Å². The molecule has 158 valence electrons. The first-order valence-corrected chi connectivity index (χ1v) is 11.3. The number of hydrogen-bond donors (Lipinski definition) is 1. The van der Waals surface area contributed by atoms with E-state index in [1.807, 2.05) is 0 Å². The van der Waals surface area contributed by atoms with Crippen molar-refractivity contribution in [2.24, 2.45) is 11.3 Å². The number of piperidine rings is 1. The van der Waals surface area contributed by atoms with Crippen molar-refractivity contribution in [1.82, 2.24) is 9.88 Å². The molecule has 2 heterocycles. The van der Waals surface area contributed by atoms with Crippen LogP contribution < -0.4 is 5.32 Å². The molecular formula is C22H24ClN3O3S. The van der Waals surface area contributed by atoms with Gasteiger partial charge in [0.15, 0.2) is 10.9 Å². The van der Waals surface area contributed by atoms with Crippen molar-refractivity contribution < 1.29 is 14.4 Å². The molecule has 0 unspecified atom stereocenters. The van der Waals surface area contributed by atoms with Crippen molar-refractivity contribution in [3.63, 3.8) is 0 Å². The Balaban J connectivity index is 1.36. The predicted octanol–water partition coefficient (Wildman–Crippen LogP) is 4.44. The molecule has 1 aliphatic carbocycles. The fourth-order valence-corrected chi connectivity index (χ4v) is 5.27. The van der Waals surface area contributed by atoms with Gasteiger partial charge in [0.2, 0.25) is 5.91 Å². The van der Waals surface area contributed by atoms with Crippen LogP contribution in [0.3, 0.4) is 0 Å². The van der Waals surface area contributed by atoms with Crippen LogP contribution in [0.15, 0.2) is 24.3 Å². The zero-order valence-electron chi connectivity index (χ0n) is 17.0. The van der Waals surface area contributed by atoms with Gasteiger partial charge in [-0.3, -0.25) is 14.4 Å². The number of nitrogens with zero attached hydrogens (tertiary/aromatic N) is 2. The van der Waals surface area contributed by atoms with Gasteiger partial charge in [-0.05, 0) is 36.8 Å². The maximum atomic E-state index is 12.7. The fourth-order valence-electron chi connectivity index (χ4n) is 4.13. The molecule has 1 N–H and O–H groups in total. The van der Waals surface area contributed by atoms with Crippen molar-refractivity contribution in [3.8, 4) is 0 Å². The standard InChI is InChI=1S/C22H24ClN3O3S/c1-22(2)11-16-18(17(27)12-22)30-21(24-16)25-19(28)13-7-9-26(10-8-13)20(29)14-5-3-4-6-15(14)23/h3-6,13H,7-12H2,1-2H3,(H,24,25,28). The number of ketones is 1. The summed E-state index contributed by atoms with van der Waals surface area (Å²) in [5, 5.41) is 3.82. The number of likely N-dealkylation sites (tertiary alicyclic amines) is 1. The maximum absolute atomic E-state index is 12.7. The second kappa shape index (κ2) is 8.12. The van der Waals surface area contributed by atoms with E-state index >= 15 is 0 Å². The number of hydrogen-bond acceptors (Lipinski definition) is 5. The van der Waals surface area contributed by atoms with Gasteiger partial charge in [-0.25, -0.2) is 4.98 Å². The Morgan fingerprint density at radius 1 is 1.20 bits per heavy atom. The molecule has 1 fully saturated rings. The summed E-state index contributed by atoms with van der Waals surface area (Å²) in [6.07, 6.45) is 2.41. The third kappa shape index (κ3) is 4.27. The lowest BCUT2D eigenvalue weighted by molar-refractivity contribution is -0.121. The molecule has 1 aliphatic heterocycles. The minimum absolute atomic E-state index is 0.0968. The summed E-state index contributed by atoms with van der Waals surface area (Å²) in [6.45, 7) is 5.12. The Morgan fingerprint density at radius 3 is 2.60 bits per heavy atom. The van der Waals surface area contributed by atoms with E-state index in [-0.39, 0.29) is 28.9 Å². The van der Waals surface area contributed by atoms with Gasteiger partial charge < -0.3 is 10.2 Å². The number of benzene rings is 1. The molecule has 0 spiro atoms. The van der Waals surface area contributed by atoms with Crippen molar-refractivity contribution in [2.45, 2.75) is 39.5 Å². The Morgan fingerprint density at radius 2 is 1.90 bits per heavy atom. The Labute approximate surface area is 184 Å². The van der Waals surface area contributed by atoms with Crippen LogP contribution in [0.25, 0.3) is 0 Å². The number of aromatic nitrogens is 1. The van der Waals surface area contributed by atoms with E-state index in [1.54, 1.807) is 29.2 Å². The van der Waals surface area contributed by atoms with Gasteiger partial charge in [0.1, 0.15) is 0 Å². The number of carbonyl (C=O) groups is 3. The van der Waals surface area contributed by atoms with Gasteiger partial charge in [0.05, 0.1) is 21.2 Å². The smallest absolute Gasteiger partial charge is 0.255 e. The molecule has 0 saturated carbocycles. The summed E-state index contributed by atoms with van der Waals surface area (Å²) in [5.41, 5.74) is 1.18. The minimum atomic E-state index is -0.187. The van der Waals surface area contributed by atoms with Gasteiger partial charge in [-0.2, -0.15) is 0 Å². The molecule has 6 nitrogen and oxygen atoms in total. The molecule has 4 rings (SSSR count). The number of rotatable bonds is 3. The molecule has 2 aliphatic rings. The molecule has 2 amide bonds. The van der Waals surface area contributed by atoms with E-state index in [0.29, 0.717) is 52.9 Å². The second-order valence-corrected chi connectivity index (χ2v) is 10.2. The molecule has 30 heavy (non-hydrogen) atoms. The topological polar surface area (TPSA) is 79.4 Å². The fraction of sp³-hybridized carbons (Fsp3) is 0.455. The summed E-state index contributed by atoms with van der Waals surface area (Å²) < 4.78 is 0. The van der Waals surface area contributed by atoms with E-state index in [1.165, 1.54) is 11.3 Å². The number of amides is 2. The van der Waals surface area contributed by atoms with Crippen LogP contribution in [0.1, 0.15) is 58.8 Å². The molecular weight excluding hydrogens is 422 g/mol. The van der Waals surface area contributed by atoms with Crippen LogP contribution >= 0.6 is 22.9 Å². The first-order valence-electron chi connectivity index (χ1n) is 10.1. The van der Waals surface area contributed by atoms with E-state index in [2.05, 4.69) is 24.1 Å². The van der Waals surface area contributed by atoms with Gasteiger partial charge in [0.25, 0.3) is 5.91 Å². The quantitative estimate of drug-likeness (QED) is 0.757. The Hall–Kier alpha value is -2.25. The van der Waals surface area contributed by atoms with Crippen LogP contribution in [0.2, 0.25) is 5.02 Å².